The van der Waals surface area contributed by atoms with Crippen LogP contribution in [0.15, 0.2) is 48.9 Å². The Balaban J connectivity index is 1.37. The average molecular weight is 376 g/mol. The predicted molar refractivity (Wildman–Crippen MR) is 90.0 cm³/mol. The van der Waals surface area contributed by atoms with Gasteiger partial charge in [-0.1, -0.05) is 12.1 Å². The van der Waals surface area contributed by atoms with Crippen molar-refractivity contribution in [2.45, 2.75) is 18.8 Å². The minimum Gasteiger partial charge on any atom is -0.470 e. The summed E-state index contributed by atoms with van der Waals surface area (Å²) in [5.74, 6) is -0.599. The number of rotatable bonds is 4. The molecule has 0 atom stereocenters. The van der Waals surface area contributed by atoms with Gasteiger partial charge in [-0.2, -0.15) is 13.2 Å². The molecule has 27 heavy (non-hydrogen) atoms. The molecule has 1 saturated heterocycles. The molecule has 6 nitrogen and oxygen atoms in total. The highest BCUT2D eigenvalue weighted by atomic mass is 19.4. The molecule has 1 aliphatic rings. The third-order valence-corrected chi connectivity index (χ3v) is 4.39. The molecule has 1 amide bonds. The first-order valence-corrected chi connectivity index (χ1v) is 8.28. The van der Waals surface area contributed by atoms with Crippen LogP contribution in [-0.4, -0.2) is 44.5 Å². The molecule has 9 heteroatoms. The van der Waals surface area contributed by atoms with Gasteiger partial charge in [0, 0.05) is 6.20 Å². The van der Waals surface area contributed by atoms with Crippen LogP contribution in [0.25, 0.3) is 11.0 Å². The number of aromatic nitrogens is 3. The van der Waals surface area contributed by atoms with Crippen LogP contribution in [0.1, 0.15) is 5.56 Å². The highest BCUT2D eigenvalue weighted by molar-refractivity contribution is 5.81. The number of ether oxygens (including phenoxy) is 1. The number of alkyl halides is 3. The first-order chi connectivity index (χ1) is 12.9. The fourth-order valence-electron chi connectivity index (χ4n) is 2.96. The zero-order chi connectivity index (χ0) is 19.0. The summed E-state index contributed by atoms with van der Waals surface area (Å²) in [6, 6.07) is 9.59. The minimum absolute atomic E-state index is 0.116. The molecule has 0 aliphatic carbocycles. The van der Waals surface area contributed by atoms with E-state index in [1.165, 1.54) is 17.2 Å². The van der Waals surface area contributed by atoms with Crippen LogP contribution in [0.4, 0.5) is 13.2 Å². The van der Waals surface area contributed by atoms with Crippen LogP contribution in [0.3, 0.4) is 0 Å². The van der Waals surface area contributed by atoms with E-state index in [-0.39, 0.29) is 25.5 Å². The van der Waals surface area contributed by atoms with E-state index in [0.29, 0.717) is 0 Å². The molecule has 3 aromatic rings. The molecule has 4 rings (SSSR count). The van der Waals surface area contributed by atoms with Gasteiger partial charge in [-0.05, 0) is 24.3 Å². The monoisotopic (exact) mass is 376 g/mol. The lowest BCUT2D eigenvalue weighted by Gasteiger charge is -2.39. The molecule has 1 aliphatic heterocycles. The van der Waals surface area contributed by atoms with Crippen molar-refractivity contribution in [3.05, 3.63) is 54.5 Å². The Labute approximate surface area is 152 Å². The highest BCUT2D eigenvalue weighted by Gasteiger charge is 2.38. The summed E-state index contributed by atoms with van der Waals surface area (Å²) in [5.41, 5.74) is 0.729. The van der Waals surface area contributed by atoms with Crippen molar-refractivity contribution in [2.75, 3.05) is 13.1 Å². The number of halogens is 3. The summed E-state index contributed by atoms with van der Waals surface area (Å²) < 4.78 is 46.0. The van der Waals surface area contributed by atoms with Gasteiger partial charge in [0.15, 0.2) is 0 Å². The Morgan fingerprint density at radius 3 is 2.70 bits per heavy atom. The summed E-state index contributed by atoms with van der Waals surface area (Å²) in [4.78, 5) is 21.8. The number of carbonyl (C=O) groups excluding carboxylic acids is 1. The zero-order valence-corrected chi connectivity index (χ0v) is 14.1. The van der Waals surface area contributed by atoms with E-state index in [2.05, 4.69) is 9.97 Å². The molecule has 1 fully saturated rings. The van der Waals surface area contributed by atoms with Crippen molar-refractivity contribution in [3.63, 3.8) is 0 Å². The third-order valence-electron chi connectivity index (χ3n) is 4.39. The minimum atomic E-state index is -4.54. The van der Waals surface area contributed by atoms with Gasteiger partial charge in [0.25, 0.3) is 0 Å². The largest absolute Gasteiger partial charge is 0.470 e. The Morgan fingerprint density at radius 1 is 1.15 bits per heavy atom. The first kappa shape index (κ1) is 17.3. The van der Waals surface area contributed by atoms with E-state index in [4.69, 9.17) is 4.74 Å². The summed E-state index contributed by atoms with van der Waals surface area (Å²) in [6.45, 7) is 0.559. The van der Waals surface area contributed by atoms with Gasteiger partial charge in [-0.15, -0.1) is 0 Å². The maximum Gasteiger partial charge on any atom is 0.421 e. The fraction of sp³-hybridized carbons (Fsp3) is 0.278. The van der Waals surface area contributed by atoms with Crippen molar-refractivity contribution < 1.29 is 22.7 Å². The molecule has 1 aromatic carbocycles. The van der Waals surface area contributed by atoms with Gasteiger partial charge in [0.05, 0.1) is 30.5 Å². The Bertz CT molecular complexity index is 980. The first-order valence-electron chi connectivity index (χ1n) is 8.28. The SMILES string of the molecule is O=C(Cn1cnc2ccccc21)N1CC(Oc2ncccc2C(F)(F)F)C1. The van der Waals surface area contributed by atoms with E-state index in [0.717, 1.165) is 17.1 Å². The number of benzene rings is 1. The van der Waals surface area contributed by atoms with Gasteiger partial charge in [-0.3, -0.25) is 4.79 Å². The molecule has 140 valence electrons. The average Bonchev–Trinajstić information content (AvgIpc) is 3.00. The van der Waals surface area contributed by atoms with Crippen molar-refractivity contribution in [1.29, 1.82) is 0 Å². The van der Waals surface area contributed by atoms with Gasteiger partial charge >= 0.3 is 6.18 Å². The van der Waals surface area contributed by atoms with Crippen LogP contribution < -0.4 is 4.74 Å². The quantitative estimate of drug-likeness (QED) is 0.703. The second kappa shape index (κ2) is 6.57. The van der Waals surface area contributed by atoms with E-state index in [9.17, 15) is 18.0 Å². The third kappa shape index (κ3) is 3.44. The molecular formula is C18H15F3N4O2. The van der Waals surface area contributed by atoms with Crippen molar-refractivity contribution in [2.24, 2.45) is 0 Å². The molecule has 0 spiro atoms. The second-order valence-electron chi connectivity index (χ2n) is 6.25. The smallest absolute Gasteiger partial charge is 0.421 e. The molecule has 2 aromatic heterocycles. The topological polar surface area (TPSA) is 60.2 Å². The Kier molecular flexibility index (Phi) is 4.21. The molecular weight excluding hydrogens is 361 g/mol. The van der Waals surface area contributed by atoms with Crippen LogP contribution in [0.5, 0.6) is 5.88 Å². The van der Waals surface area contributed by atoms with Crippen LogP contribution >= 0.6 is 0 Å². The standard InChI is InChI=1S/C18H15F3N4O2/c19-18(20,21)13-4-3-7-22-17(13)27-12-8-24(9-12)16(26)10-25-11-23-14-5-1-2-6-15(14)25/h1-7,11-12H,8-10H2. The number of amides is 1. The summed E-state index contributed by atoms with van der Waals surface area (Å²) in [6.07, 6.45) is -2.20. The van der Waals surface area contributed by atoms with Gasteiger partial charge in [0.2, 0.25) is 11.8 Å². The van der Waals surface area contributed by atoms with E-state index < -0.39 is 23.7 Å². The van der Waals surface area contributed by atoms with Crippen LogP contribution in [0, 0.1) is 0 Å². The molecule has 0 radical (unpaired) electrons. The van der Waals surface area contributed by atoms with Crippen molar-refractivity contribution in [3.8, 4) is 5.88 Å². The van der Waals surface area contributed by atoms with Gasteiger partial charge in [0.1, 0.15) is 18.2 Å². The number of likely N-dealkylation sites (tertiary alicyclic amines) is 1. The van der Waals surface area contributed by atoms with E-state index >= 15 is 0 Å². The summed E-state index contributed by atoms with van der Waals surface area (Å²) in [5, 5.41) is 0. The van der Waals surface area contributed by atoms with Crippen LogP contribution in [-0.2, 0) is 17.5 Å². The van der Waals surface area contributed by atoms with Gasteiger partial charge in [-0.25, -0.2) is 9.97 Å². The number of fused-ring (bicyclic) bond motifs is 1. The lowest BCUT2D eigenvalue weighted by molar-refractivity contribution is -0.145. The Hall–Kier alpha value is -3.10. The lowest BCUT2D eigenvalue weighted by atomic mass is 10.1. The predicted octanol–water partition coefficient (Wildman–Crippen LogP) is 2.74. The molecule has 3 heterocycles. The fourth-order valence-corrected chi connectivity index (χ4v) is 2.96. The summed E-state index contributed by atoms with van der Waals surface area (Å²) >= 11 is 0. The van der Waals surface area contributed by atoms with Crippen molar-refractivity contribution >= 4 is 16.9 Å². The number of nitrogens with zero attached hydrogens (tertiary/aromatic N) is 4. The lowest BCUT2D eigenvalue weighted by Crippen LogP contribution is -2.57. The van der Waals surface area contributed by atoms with Gasteiger partial charge < -0.3 is 14.2 Å². The number of imidazole rings is 1. The normalized spacial score (nSPS) is 15.0. The molecule has 0 unspecified atom stereocenters. The Morgan fingerprint density at radius 2 is 1.93 bits per heavy atom. The van der Waals surface area contributed by atoms with E-state index in [1.54, 1.807) is 10.9 Å². The number of para-hydroxylation sites is 2. The van der Waals surface area contributed by atoms with Crippen molar-refractivity contribution in [1.82, 2.24) is 19.4 Å². The van der Waals surface area contributed by atoms with E-state index in [1.807, 2.05) is 24.3 Å². The number of hydrogen-bond acceptors (Lipinski definition) is 4. The number of pyridine rings is 1. The number of carbonyl (C=O) groups is 1. The zero-order valence-electron chi connectivity index (χ0n) is 14.1. The maximum absolute atomic E-state index is 13.0. The highest BCUT2D eigenvalue weighted by Crippen LogP contribution is 2.35. The molecule has 0 bridgehead atoms. The number of hydrogen-bond donors (Lipinski definition) is 0. The van der Waals surface area contributed by atoms with Crippen LogP contribution in [0.2, 0.25) is 0 Å². The molecule has 0 N–H and O–H groups in total. The maximum atomic E-state index is 13.0. The second-order valence-corrected chi connectivity index (χ2v) is 6.25. The molecule has 0 saturated carbocycles. The summed E-state index contributed by atoms with van der Waals surface area (Å²) in [7, 11) is 0.